The van der Waals surface area contributed by atoms with Gasteiger partial charge in [0.1, 0.15) is 13.2 Å². The third kappa shape index (κ3) is 2.20. The fraction of sp³-hybridized carbons (Fsp3) is 0.462. The number of benzene rings is 1. The molecule has 0 fully saturated rings. The Morgan fingerprint density at radius 1 is 1.39 bits per heavy atom. The molecule has 1 amide bonds. The maximum absolute atomic E-state index is 12.1. The molecule has 0 saturated carbocycles. The van der Waals surface area contributed by atoms with Crippen LogP contribution in [-0.4, -0.2) is 44.7 Å². The molecule has 5 heteroatoms. The van der Waals surface area contributed by atoms with Crippen molar-refractivity contribution in [2.45, 2.75) is 6.92 Å². The molecule has 0 atom stereocenters. The normalized spacial score (nSPS) is 13.1. The lowest BCUT2D eigenvalue weighted by molar-refractivity contribution is 0.0800. The summed E-state index contributed by atoms with van der Waals surface area (Å²) in [4.78, 5) is 13.7. The minimum Gasteiger partial charge on any atom is -0.493 e. The van der Waals surface area contributed by atoms with Gasteiger partial charge in [0.2, 0.25) is 5.75 Å². The molecule has 18 heavy (non-hydrogen) atoms. The smallest absolute Gasteiger partial charge is 0.253 e. The van der Waals surface area contributed by atoms with E-state index in [-0.39, 0.29) is 5.91 Å². The number of amides is 1. The first kappa shape index (κ1) is 12.5. The van der Waals surface area contributed by atoms with Crippen molar-refractivity contribution in [3.05, 3.63) is 17.7 Å². The Kier molecular flexibility index (Phi) is 3.60. The molecule has 0 N–H and O–H groups in total. The molecular weight excluding hydrogens is 234 g/mol. The first-order valence-electron chi connectivity index (χ1n) is 5.90. The molecule has 1 aromatic rings. The summed E-state index contributed by atoms with van der Waals surface area (Å²) >= 11 is 0. The van der Waals surface area contributed by atoms with Crippen LogP contribution in [0.5, 0.6) is 17.2 Å². The molecule has 0 spiro atoms. The largest absolute Gasteiger partial charge is 0.493 e. The third-order valence-electron chi connectivity index (χ3n) is 2.90. The molecular formula is C13H17NO4. The maximum atomic E-state index is 12.1. The molecule has 0 unspecified atom stereocenters. The minimum absolute atomic E-state index is 0.0622. The number of ether oxygens (including phenoxy) is 3. The van der Waals surface area contributed by atoms with Crippen molar-refractivity contribution in [1.29, 1.82) is 0 Å². The summed E-state index contributed by atoms with van der Waals surface area (Å²) < 4.78 is 16.2. The van der Waals surface area contributed by atoms with E-state index in [9.17, 15) is 4.79 Å². The standard InChI is InChI=1S/C13H17NO4/c1-4-14(2)13(15)9-7-10(16-3)12-11(8-9)17-5-6-18-12/h7-8H,4-6H2,1-3H3. The predicted octanol–water partition coefficient (Wildman–Crippen LogP) is 1.56. The van der Waals surface area contributed by atoms with Crippen molar-refractivity contribution in [2.75, 3.05) is 33.9 Å². The predicted molar refractivity (Wildman–Crippen MR) is 66.6 cm³/mol. The molecule has 0 aromatic heterocycles. The van der Waals surface area contributed by atoms with Gasteiger partial charge in [-0.2, -0.15) is 0 Å². The molecule has 1 aliphatic heterocycles. The van der Waals surface area contributed by atoms with Gasteiger partial charge in [0.15, 0.2) is 11.5 Å². The highest BCUT2D eigenvalue weighted by atomic mass is 16.6. The van der Waals surface area contributed by atoms with E-state index in [1.54, 1.807) is 31.2 Å². The molecule has 2 rings (SSSR count). The van der Waals surface area contributed by atoms with Gasteiger partial charge in [-0.3, -0.25) is 4.79 Å². The van der Waals surface area contributed by atoms with Crippen molar-refractivity contribution in [1.82, 2.24) is 4.90 Å². The highest BCUT2D eigenvalue weighted by molar-refractivity contribution is 5.95. The number of methoxy groups -OCH3 is 1. The first-order chi connectivity index (χ1) is 8.67. The average Bonchev–Trinajstić information content (AvgIpc) is 2.44. The lowest BCUT2D eigenvalue weighted by atomic mass is 10.1. The molecule has 0 radical (unpaired) electrons. The van der Waals surface area contributed by atoms with E-state index in [2.05, 4.69) is 0 Å². The molecule has 0 bridgehead atoms. The second-order valence-electron chi connectivity index (χ2n) is 4.02. The molecule has 1 aliphatic rings. The second kappa shape index (κ2) is 5.16. The van der Waals surface area contributed by atoms with Crippen molar-refractivity contribution >= 4 is 5.91 Å². The monoisotopic (exact) mass is 251 g/mol. The Labute approximate surface area is 106 Å². The Hall–Kier alpha value is -1.91. The summed E-state index contributed by atoms with van der Waals surface area (Å²) in [6.45, 7) is 3.55. The van der Waals surface area contributed by atoms with Crippen LogP contribution in [0.3, 0.4) is 0 Å². The van der Waals surface area contributed by atoms with Gasteiger partial charge in [0.25, 0.3) is 5.91 Å². The topological polar surface area (TPSA) is 48.0 Å². The van der Waals surface area contributed by atoms with Crippen LogP contribution in [0, 0.1) is 0 Å². The molecule has 1 aromatic carbocycles. The van der Waals surface area contributed by atoms with E-state index >= 15 is 0 Å². The van der Waals surface area contributed by atoms with Gasteiger partial charge in [-0.1, -0.05) is 0 Å². The van der Waals surface area contributed by atoms with Crippen LogP contribution in [0.1, 0.15) is 17.3 Å². The zero-order valence-corrected chi connectivity index (χ0v) is 10.9. The van der Waals surface area contributed by atoms with E-state index in [1.165, 1.54) is 0 Å². The Morgan fingerprint density at radius 2 is 2.11 bits per heavy atom. The van der Waals surface area contributed by atoms with Gasteiger partial charge in [-0.25, -0.2) is 0 Å². The van der Waals surface area contributed by atoms with E-state index in [0.29, 0.717) is 42.6 Å². The van der Waals surface area contributed by atoms with Gasteiger partial charge < -0.3 is 19.1 Å². The van der Waals surface area contributed by atoms with Crippen LogP contribution in [0.2, 0.25) is 0 Å². The quantitative estimate of drug-likeness (QED) is 0.818. The van der Waals surface area contributed by atoms with Gasteiger partial charge >= 0.3 is 0 Å². The molecule has 98 valence electrons. The van der Waals surface area contributed by atoms with Crippen molar-refractivity contribution in [2.24, 2.45) is 0 Å². The summed E-state index contributed by atoms with van der Waals surface area (Å²) in [5.41, 5.74) is 0.542. The van der Waals surface area contributed by atoms with E-state index in [1.807, 2.05) is 6.92 Å². The van der Waals surface area contributed by atoms with Gasteiger partial charge in [0, 0.05) is 19.2 Å². The zero-order chi connectivity index (χ0) is 13.1. The van der Waals surface area contributed by atoms with Crippen LogP contribution in [0.4, 0.5) is 0 Å². The third-order valence-corrected chi connectivity index (χ3v) is 2.90. The summed E-state index contributed by atoms with van der Waals surface area (Å²) in [5, 5.41) is 0. The second-order valence-corrected chi connectivity index (χ2v) is 4.02. The van der Waals surface area contributed by atoms with E-state index < -0.39 is 0 Å². The first-order valence-corrected chi connectivity index (χ1v) is 5.90. The van der Waals surface area contributed by atoms with Gasteiger partial charge in [0.05, 0.1) is 7.11 Å². The van der Waals surface area contributed by atoms with Crippen LogP contribution in [0.25, 0.3) is 0 Å². The summed E-state index contributed by atoms with van der Waals surface area (Å²) in [7, 11) is 3.30. The molecule has 5 nitrogen and oxygen atoms in total. The number of hydrogen-bond donors (Lipinski definition) is 0. The molecule has 1 heterocycles. The Morgan fingerprint density at radius 3 is 2.78 bits per heavy atom. The Bertz CT molecular complexity index is 441. The summed E-state index contributed by atoms with van der Waals surface area (Å²) in [6, 6.07) is 3.38. The number of carbonyl (C=O) groups excluding carboxylic acids is 1. The average molecular weight is 251 g/mol. The highest BCUT2D eigenvalue weighted by Crippen LogP contribution is 2.40. The summed E-state index contributed by atoms with van der Waals surface area (Å²) in [6.07, 6.45) is 0. The van der Waals surface area contributed by atoms with Crippen LogP contribution in [-0.2, 0) is 0 Å². The number of hydrogen-bond acceptors (Lipinski definition) is 4. The fourth-order valence-corrected chi connectivity index (χ4v) is 1.76. The molecule has 0 saturated heterocycles. The van der Waals surface area contributed by atoms with Crippen LogP contribution < -0.4 is 14.2 Å². The SMILES string of the molecule is CCN(C)C(=O)c1cc(OC)c2c(c1)OCCO2. The van der Waals surface area contributed by atoms with Crippen LogP contribution in [0.15, 0.2) is 12.1 Å². The van der Waals surface area contributed by atoms with Crippen molar-refractivity contribution < 1.29 is 19.0 Å². The lowest BCUT2D eigenvalue weighted by Gasteiger charge is -2.22. The summed E-state index contributed by atoms with van der Waals surface area (Å²) in [5.74, 6) is 1.60. The zero-order valence-electron chi connectivity index (χ0n) is 10.9. The minimum atomic E-state index is -0.0622. The number of rotatable bonds is 3. The van der Waals surface area contributed by atoms with Gasteiger partial charge in [-0.05, 0) is 19.1 Å². The lowest BCUT2D eigenvalue weighted by Crippen LogP contribution is -2.26. The Balaban J connectivity index is 2.41. The number of carbonyl (C=O) groups is 1. The van der Waals surface area contributed by atoms with Crippen molar-refractivity contribution in [3.8, 4) is 17.2 Å². The van der Waals surface area contributed by atoms with Gasteiger partial charge in [-0.15, -0.1) is 0 Å². The molecule has 0 aliphatic carbocycles. The van der Waals surface area contributed by atoms with Crippen molar-refractivity contribution in [3.63, 3.8) is 0 Å². The fourth-order valence-electron chi connectivity index (χ4n) is 1.76. The van der Waals surface area contributed by atoms with E-state index in [4.69, 9.17) is 14.2 Å². The highest BCUT2D eigenvalue weighted by Gasteiger charge is 2.21. The number of fused-ring (bicyclic) bond motifs is 1. The maximum Gasteiger partial charge on any atom is 0.253 e. The van der Waals surface area contributed by atoms with Crippen LogP contribution >= 0.6 is 0 Å². The van der Waals surface area contributed by atoms with E-state index in [0.717, 1.165) is 0 Å². The number of nitrogens with zero attached hydrogens (tertiary/aromatic N) is 1.